The molecule has 2 unspecified atom stereocenters. The van der Waals surface area contributed by atoms with E-state index >= 15 is 0 Å². The van der Waals surface area contributed by atoms with Crippen molar-refractivity contribution in [2.24, 2.45) is 0 Å². The molecule has 3 nitrogen and oxygen atoms in total. The molecule has 0 aliphatic carbocycles. The summed E-state index contributed by atoms with van der Waals surface area (Å²) in [6.45, 7) is 4.33. The molecule has 0 N–H and O–H groups in total. The predicted octanol–water partition coefficient (Wildman–Crippen LogP) is 15.1. The molecule has 2 atom stereocenters. The molecule has 10 aromatic carbocycles. The number of aryl methyl sites for hydroxylation is 2. The molecule has 2 heterocycles. The van der Waals surface area contributed by atoms with Crippen LogP contribution < -0.4 is 13.4 Å². The van der Waals surface area contributed by atoms with E-state index in [1.54, 1.807) is 0 Å². The third kappa shape index (κ3) is 5.78. The van der Waals surface area contributed by atoms with E-state index in [0.717, 1.165) is 45.8 Å². The van der Waals surface area contributed by atoms with Crippen molar-refractivity contribution < 1.29 is 8.85 Å². The first kappa shape index (κ1) is 35.8. The first-order chi connectivity index (χ1) is 30.0. The topological polar surface area (TPSA) is 21.7 Å². The second kappa shape index (κ2) is 14.0. The van der Waals surface area contributed by atoms with Gasteiger partial charge in [-0.05, 0) is 116 Å². The number of rotatable bonds is 2. The summed E-state index contributed by atoms with van der Waals surface area (Å²) in [5.41, 5.74) is 11.8. The van der Waals surface area contributed by atoms with Gasteiger partial charge >= 0.3 is 8.72 Å². The second-order valence-corrected chi connectivity index (χ2v) is 19.6. The van der Waals surface area contributed by atoms with E-state index in [1.807, 2.05) is 0 Å². The molecular formula is C57H43NO2Si. The van der Waals surface area contributed by atoms with Crippen LogP contribution in [0.15, 0.2) is 194 Å². The third-order valence-electron chi connectivity index (χ3n) is 13.1. The largest absolute Gasteiger partial charge is 0.593 e. The summed E-state index contributed by atoms with van der Waals surface area (Å²) < 4.78 is 18.8. The lowest BCUT2D eigenvalue weighted by Gasteiger charge is -2.41. The number of anilines is 2. The van der Waals surface area contributed by atoms with Crippen LogP contribution in [0, 0.1) is 13.8 Å². The first-order valence-electron chi connectivity index (χ1n) is 21.4. The van der Waals surface area contributed by atoms with Crippen LogP contribution in [0.2, 0.25) is 6.04 Å². The van der Waals surface area contributed by atoms with E-state index in [4.69, 9.17) is 8.85 Å². The Morgan fingerprint density at radius 2 is 0.869 bits per heavy atom. The monoisotopic (exact) mass is 801 g/mol. The summed E-state index contributed by atoms with van der Waals surface area (Å²) in [6, 6.07) is 72.1. The van der Waals surface area contributed by atoms with Crippen molar-refractivity contribution in [2.45, 2.75) is 32.2 Å². The normalized spacial score (nSPS) is 17.0. The molecule has 10 aromatic rings. The molecule has 0 saturated carbocycles. The summed E-state index contributed by atoms with van der Waals surface area (Å²) in [5.74, 6) is 1.74. The highest BCUT2D eigenvalue weighted by atomic mass is 28.4. The van der Waals surface area contributed by atoms with Crippen molar-refractivity contribution in [3.8, 4) is 33.8 Å². The van der Waals surface area contributed by atoms with E-state index in [9.17, 15) is 0 Å². The molecule has 4 heteroatoms. The lowest BCUT2D eigenvalue weighted by Crippen LogP contribution is -2.62. The fraction of sp³-hybridized carbons (Fsp3) is 0.0877. The van der Waals surface area contributed by atoms with E-state index < -0.39 is 8.72 Å². The van der Waals surface area contributed by atoms with E-state index in [-0.39, 0.29) is 5.92 Å². The smallest absolute Gasteiger partial charge is 0.496 e. The van der Waals surface area contributed by atoms with Crippen LogP contribution >= 0.6 is 0 Å². The fourth-order valence-electron chi connectivity index (χ4n) is 10.2. The number of nitrogens with zero attached hydrogens (tertiary/aromatic N) is 1. The highest BCUT2D eigenvalue weighted by molar-refractivity contribution is 6.75. The van der Waals surface area contributed by atoms with Gasteiger partial charge in [-0.2, -0.15) is 0 Å². The second-order valence-electron chi connectivity index (χ2n) is 16.9. The van der Waals surface area contributed by atoms with Crippen LogP contribution in [-0.2, 0) is 6.42 Å². The Morgan fingerprint density at radius 3 is 1.43 bits per heavy atom. The van der Waals surface area contributed by atoms with Crippen LogP contribution in [0.3, 0.4) is 0 Å². The van der Waals surface area contributed by atoms with Gasteiger partial charge in [0.2, 0.25) is 0 Å². The SMILES string of the molecule is Cc1ccc(C2Cc3ccc4ccccc4c3-c3c(ccc4ccccc34)O[Si]3(C2)Oc2ccc4ccccc4c2-c2c(ccc4ccccc24)N3c2ccc(C)cc2)cc1. The molecule has 12 rings (SSSR count). The number of benzene rings is 10. The minimum absolute atomic E-state index is 0.0478. The van der Waals surface area contributed by atoms with Crippen LogP contribution in [0.25, 0.3) is 65.3 Å². The van der Waals surface area contributed by atoms with Gasteiger partial charge in [0.05, 0.1) is 0 Å². The summed E-state index contributed by atoms with van der Waals surface area (Å²) in [5, 5.41) is 9.51. The van der Waals surface area contributed by atoms with E-state index in [2.05, 4.69) is 213 Å². The molecule has 292 valence electrons. The minimum Gasteiger partial charge on any atom is -0.496 e. The van der Waals surface area contributed by atoms with Gasteiger partial charge in [0.15, 0.2) is 0 Å². The fourth-order valence-corrected chi connectivity index (χ4v) is 13.9. The van der Waals surface area contributed by atoms with E-state index in [1.165, 1.54) is 71.1 Å². The number of fused-ring (bicyclic) bond motifs is 14. The van der Waals surface area contributed by atoms with Crippen molar-refractivity contribution in [1.29, 1.82) is 0 Å². The van der Waals surface area contributed by atoms with Gasteiger partial charge in [0, 0.05) is 34.1 Å². The van der Waals surface area contributed by atoms with Crippen molar-refractivity contribution in [3.63, 3.8) is 0 Å². The number of hydrogen-bond acceptors (Lipinski definition) is 3. The van der Waals surface area contributed by atoms with Gasteiger partial charge in [0.25, 0.3) is 0 Å². The summed E-state index contributed by atoms with van der Waals surface area (Å²) >= 11 is 0. The van der Waals surface area contributed by atoms with E-state index in [0.29, 0.717) is 6.04 Å². The molecule has 2 aliphatic rings. The van der Waals surface area contributed by atoms with Crippen molar-refractivity contribution in [1.82, 2.24) is 0 Å². The average molecular weight is 802 g/mol. The van der Waals surface area contributed by atoms with Gasteiger partial charge in [-0.15, -0.1) is 0 Å². The molecule has 0 aromatic heterocycles. The highest BCUT2D eigenvalue weighted by Gasteiger charge is 2.56. The van der Waals surface area contributed by atoms with Crippen molar-refractivity contribution >= 4 is 63.2 Å². The Bertz CT molecular complexity index is 3360. The Balaban J connectivity index is 1.24. The molecule has 0 fully saturated rings. The predicted molar refractivity (Wildman–Crippen MR) is 257 cm³/mol. The molecular weight excluding hydrogens is 759 g/mol. The molecule has 1 spiro atoms. The molecule has 0 saturated heterocycles. The molecule has 2 aliphatic heterocycles. The molecule has 0 bridgehead atoms. The Morgan fingerprint density at radius 1 is 0.426 bits per heavy atom. The minimum atomic E-state index is -3.77. The maximum absolute atomic E-state index is 8.19. The summed E-state index contributed by atoms with van der Waals surface area (Å²) in [6.07, 6.45) is 0.810. The number of hydrogen-bond donors (Lipinski definition) is 0. The van der Waals surface area contributed by atoms with Crippen LogP contribution in [-0.4, -0.2) is 8.72 Å². The molecule has 0 radical (unpaired) electrons. The average Bonchev–Trinajstić information content (AvgIpc) is 3.37. The summed E-state index contributed by atoms with van der Waals surface area (Å²) in [4.78, 5) is 0. The zero-order valence-corrected chi connectivity index (χ0v) is 35.2. The Labute approximate surface area is 357 Å². The van der Waals surface area contributed by atoms with Gasteiger partial charge < -0.3 is 13.4 Å². The Kier molecular flexibility index (Phi) is 8.19. The van der Waals surface area contributed by atoms with Crippen LogP contribution in [0.1, 0.15) is 28.2 Å². The van der Waals surface area contributed by atoms with Crippen LogP contribution in [0.5, 0.6) is 11.5 Å². The highest BCUT2D eigenvalue weighted by Crippen LogP contribution is 2.55. The third-order valence-corrected chi connectivity index (χ3v) is 16.4. The van der Waals surface area contributed by atoms with Crippen molar-refractivity contribution in [3.05, 3.63) is 216 Å². The lowest BCUT2D eigenvalue weighted by molar-refractivity contribution is 0.375. The first-order valence-corrected chi connectivity index (χ1v) is 23.4. The summed E-state index contributed by atoms with van der Waals surface area (Å²) in [7, 11) is -3.77. The van der Waals surface area contributed by atoms with Crippen LogP contribution in [0.4, 0.5) is 11.4 Å². The van der Waals surface area contributed by atoms with Gasteiger partial charge in [-0.3, -0.25) is 0 Å². The maximum Gasteiger partial charge on any atom is 0.593 e. The van der Waals surface area contributed by atoms with Crippen molar-refractivity contribution in [2.75, 3.05) is 4.57 Å². The standard InChI is InChI=1S/C57H43NO2Si/c1-37-19-23-39(24-20-37)45-35-44-26-25-40-11-3-7-15-47(40)54(44)56-49-17-9-5-13-42(49)28-33-52(56)59-61(36-45)58(46-30-21-38(2)22-31-46)51-32-27-41-12-4-8-16-48(41)55(51)57-50-18-10-6-14-43(50)29-34-53(57)60-61/h3-34,45H,35-36H2,1-2H3. The Hall–Kier alpha value is -7.14. The molecule has 61 heavy (non-hydrogen) atoms. The zero-order valence-electron chi connectivity index (χ0n) is 34.2. The maximum atomic E-state index is 8.19. The lowest BCUT2D eigenvalue weighted by atomic mass is 9.84. The van der Waals surface area contributed by atoms with Gasteiger partial charge in [-0.1, -0.05) is 175 Å². The zero-order chi connectivity index (χ0) is 40.7. The van der Waals surface area contributed by atoms with Gasteiger partial charge in [0.1, 0.15) is 11.5 Å². The quantitative estimate of drug-likeness (QED) is 0.163. The molecule has 0 amide bonds. The van der Waals surface area contributed by atoms with Gasteiger partial charge in [-0.25, -0.2) is 0 Å².